The minimum Gasteiger partial charge on any atom is -0.294 e. The number of benzene rings is 1. The molecule has 0 bridgehead atoms. The summed E-state index contributed by atoms with van der Waals surface area (Å²) in [4.78, 5) is 15.8. The Labute approximate surface area is 104 Å². The van der Waals surface area contributed by atoms with E-state index in [0.29, 0.717) is 15.4 Å². The number of ketones is 1. The van der Waals surface area contributed by atoms with Crippen LogP contribution in [-0.2, 0) is 0 Å². The van der Waals surface area contributed by atoms with Crippen LogP contribution in [-0.4, -0.2) is 10.8 Å². The third-order valence-electron chi connectivity index (χ3n) is 2.01. The second-order valence-corrected chi connectivity index (χ2v) is 5.10. The van der Waals surface area contributed by atoms with Gasteiger partial charge in [-0.3, -0.25) is 4.79 Å². The zero-order chi connectivity index (χ0) is 11.7. The van der Waals surface area contributed by atoms with Crippen LogP contribution in [0.5, 0.6) is 0 Å². The first kappa shape index (κ1) is 11.4. The van der Waals surface area contributed by atoms with Crippen LogP contribution in [0.3, 0.4) is 0 Å². The Kier molecular flexibility index (Phi) is 3.16. The molecule has 0 fully saturated rings. The number of carbonyl (C=O) groups excluding carboxylic acids is 1. The predicted molar refractivity (Wildman–Crippen MR) is 65.2 cm³/mol. The maximum Gasteiger partial charge on any atom is 0.171 e. The van der Waals surface area contributed by atoms with Gasteiger partial charge < -0.3 is 0 Å². The Bertz CT molecular complexity index is 553. The van der Waals surface area contributed by atoms with Gasteiger partial charge in [0.05, 0.1) is 4.88 Å². The normalized spacial score (nSPS) is 10.4. The summed E-state index contributed by atoms with van der Waals surface area (Å²) in [5, 5.41) is 0.636. The van der Waals surface area contributed by atoms with Crippen molar-refractivity contribution in [2.45, 2.75) is 6.92 Å². The van der Waals surface area contributed by atoms with Crippen LogP contribution >= 0.6 is 27.3 Å². The Morgan fingerprint density at radius 3 is 2.88 bits per heavy atom. The van der Waals surface area contributed by atoms with E-state index in [9.17, 15) is 9.18 Å². The lowest BCUT2D eigenvalue weighted by Gasteiger charge is -1.99. The number of rotatable bonds is 2. The number of hydrogen-bond donors (Lipinski definition) is 0. The molecule has 82 valence electrons. The van der Waals surface area contributed by atoms with Gasteiger partial charge in [0, 0.05) is 23.2 Å². The average Bonchev–Trinajstić information content (AvgIpc) is 2.70. The molecule has 0 aliphatic carbocycles. The van der Waals surface area contributed by atoms with Gasteiger partial charge in [0.1, 0.15) is 10.8 Å². The third kappa shape index (κ3) is 2.20. The van der Waals surface area contributed by atoms with Gasteiger partial charge in [-0.2, -0.15) is 0 Å². The summed E-state index contributed by atoms with van der Waals surface area (Å²) >= 11 is 4.59. The predicted octanol–water partition coefficient (Wildman–Crippen LogP) is 3.91. The Morgan fingerprint density at radius 2 is 2.25 bits per heavy atom. The Hall–Kier alpha value is -1.07. The third-order valence-corrected chi connectivity index (χ3v) is 3.83. The van der Waals surface area contributed by atoms with Gasteiger partial charge >= 0.3 is 0 Å². The first-order valence-electron chi connectivity index (χ1n) is 4.50. The largest absolute Gasteiger partial charge is 0.294 e. The highest BCUT2D eigenvalue weighted by atomic mass is 79.9. The smallest absolute Gasteiger partial charge is 0.171 e. The van der Waals surface area contributed by atoms with E-state index in [-0.39, 0.29) is 11.6 Å². The van der Waals surface area contributed by atoms with Crippen LogP contribution in [0, 0.1) is 5.82 Å². The summed E-state index contributed by atoms with van der Waals surface area (Å²) in [6, 6.07) is 4.39. The summed E-state index contributed by atoms with van der Waals surface area (Å²) in [7, 11) is 0. The van der Waals surface area contributed by atoms with Crippen molar-refractivity contribution in [3.05, 3.63) is 39.6 Å². The van der Waals surface area contributed by atoms with Crippen molar-refractivity contribution < 1.29 is 9.18 Å². The van der Waals surface area contributed by atoms with Crippen molar-refractivity contribution in [3.63, 3.8) is 0 Å². The van der Waals surface area contributed by atoms with Crippen molar-refractivity contribution in [2.24, 2.45) is 0 Å². The molecule has 0 aliphatic rings. The second-order valence-electron chi connectivity index (χ2n) is 3.21. The lowest BCUT2D eigenvalue weighted by atomic mass is 10.2. The zero-order valence-electron chi connectivity index (χ0n) is 8.33. The lowest BCUT2D eigenvalue weighted by molar-refractivity contribution is 0.102. The van der Waals surface area contributed by atoms with E-state index in [4.69, 9.17) is 0 Å². The molecule has 1 aromatic carbocycles. The molecule has 0 saturated carbocycles. The quantitative estimate of drug-likeness (QED) is 0.787. The highest BCUT2D eigenvalue weighted by molar-refractivity contribution is 9.10. The first-order chi connectivity index (χ1) is 7.58. The van der Waals surface area contributed by atoms with Crippen LogP contribution in [0.2, 0.25) is 0 Å². The topological polar surface area (TPSA) is 30.0 Å². The summed E-state index contributed by atoms with van der Waals surface area (Å²) in [6.07, 6.45) is 1.51. The van der Waals surface area contributed by atoms with Gasteiger partial charge in [0.15, 0.2) is 5.78 Å². The molecule has 2 rings (SSSR count). The average molecular weight is 300 g/mol. The standard InChI is InChI=1S/C11H7BrFNOS/c1-6(15)10-5-14-11(16-10)8-4-7(13)2-3-9(8)12/h2-5H,1H3. The van der Waals surface area contributed by atoms with E-state index >= 15 is 0 Å². The van der Waals surface area contributed by atoms with Crippen LogP contribution in [0.4, 0.5) is 4.39 Å². The van der Waals surface area contributed by atoms with Gasteiger partial charge in [-0.15, -0.1) is 11.3 Å². The molecular weight excluding hydrogens is 293 g/mol. The molecular formula is C11H7BrFNOS. The van der Waals surface area contributed by atoms with Crippen LogP contribution < -0.4 is 0 Å². The van der Waals surface area contributed by atoms with Crippen molar-refractivity contribution in [3.8, 4) is 10.6 Å². The Morgan fingerprint density at radius 1 is 1.50 bits per heavy atom. The molecule has 0 radical (unpaired) electrons. The van der Waals surface area contributed by atoms with Gasteiger partial charge in [-0.05, 0) is 18.2 Å². The van der Waals surface area contributed by atoms with Gasteiger partial charge in [0.2, 0.25) is 0 Å². The number of carbonyl (C=O) groups is 1. The van der Waals surface area contributed by atoms with Crippen LogP contribution in [0.1, 0.15) is 16.6 Å². The fourth-order valence-electron chi connectivity index (χ4n) is 1.22. The number of halogens is 2. The Balaban J connectivity index is 2.50. The number of Topliss-reactive ketones (excluding diaryl/α,β-unsaturated/α-hetero) is 1. The van der Waals surface area contributed by atoms with E-state index in [2.05, 4.69) is 20.9 Å². The fraction of sp³-hybridized carbons (Fsp3) is 0.0909. The molecule has 2 aromatic rings. The van der Waals surface area contributed by atoms with E-state index in [1.165, 1.54) is 36.6 Å². The van der Waals surface area contributed by atoms with Crippen LogP contribution in [0.25, 0.3) is 10.6 Å². The number of nitrogens with zero attached hydrogens (tertiary/aromatic N) is 1. The first-order valence-corrected chi connectivity index (χ1v) is 6.11. The molecule has 0 unspecified atom stereocenters. The van der Waals surface area contributed by atoms with Crippen molar-refractivity contribution >= 4 is 33.0 Å². The molecule has 0 spiro atoms. The molecule has 0 atom stereocenters. The zero-order valence-corrected chi connectivity index (χ0v) is 10.7. The van der Waals surface area contributed by atoms with E-state index in [0.717, 1.165) is 4.47 Å². The lowest BCUT2D eigenvalue weighted by Crippen LogP contribution is -1.83. The maximum absolute atomic E-state index is 13.1. The minimum atomic E-state index is -0.322. The molecule has 5 heteroatoms. The molecule has 0 N–H and O–H groups in total. The number of hydrogen-bond acceptors (Lipinski definition) is 3. The molecule has 16 heavy (non-hydrogen) atoms. The number of aromatic nitrogens is 1. The molecule has 0 amide bonds. The summed E-state index contributed by atoms with van der Waals surface area (Å²) in [5.74, 6) is -0.353. The van der Waals surface area contributed by atoms with Crippen molar-refractivity contribution in [1.82, 2.24) is 4.98 Å². The van der Waals surface area contributed by atoms with E-state index < -0.39 is 0 Å². The molecule has 0 saturated heterocycles. The number of thiazole rings is 1. The highest BCUT2D eigenvalue weighted by Gasteiger charge is 2.11. The highest BCUT2D eigenvalue weighted by Crippen LogP contribution is 2.32. The van der Waals surface area contributed by atoms with E-state index in [1.54, 1.807) is 6.07 Å². The second kappa shape index (κ2) is 4.43. The minimum absolute atomic E-state index is 0.0312. The summed E-state index contributed by atoms with van der Waals surface area (Å²) in [5.41, 5.74) is 0.664. The monoisotopic (exact) mass is 299 g/mol. The van der Waals surface area contributed by atoms with Crippen molar-refractivity contribution in [1.29, 1.82) is 0 Å². The summed E-state index contributed by atoms with van der Waals surface area (Å²) < 4.78 is 13.8. The van der Waals surface area contributed by atoms with E-state index in [1.807, 2.05) is 0 Å². The summed E-state index contributed by atoms with van der Waals surface area (Å²) in [6.45, 7) is 1.48. The molecule has 2 nitrogen and oxygen atoms in total. The van der Waals surface area contributed by atoms with Gasteiger partial charge in [0.25, 0.3) is 0 Å². The maximum atomic E-state index is 13.1. The molecule has 1 heterocycles. The van der Waals surface area contributed by atoms with Crippen molar-refractivity contribution in [2.75, 3.05) is 0 Å². The van der Waals surface area contributed by atoms with Gasteiger partial charge in [-0.25, -0.2) is 9.37 Å². The molecule has 1 aromatic heterocycles. The van der Waals surface area contributed by atoms with Crippen LogP contribution in [0.15, 0.2) is 28.9 Å². The molecule has 0 aliphatic heterocycles. The SMILES string of the molecule is CC(=O)c1cnc(-c2cc(F)ccc2Br)s1. The fourth-order valence-corrected chi connectivity index (χ4v) is 2.63. The van der Waals surface area contributed by atoms with Gasteiger partial charge in [-0.1, -0.05) is 15.9 Å².